The van der Waals surface area contributed by atoms with Crippen LogP contribution in [-0.2, 0) is 13.1 Å². The molecular formula is C27H28ClF3N6. The summed E-state index contributed by atoms with van der Waals surface area (Å²) in [7, 11) is 0. The smallest absolute Gasteiger partial charge is 0.355 e. The van der Waals surface area contributed by atoms with Gasteiger partial charge in [-0.25, -0.2) is 4.98 Å². The highest BCUT2D eigenvalue weighted by Gasteiger charge is 2.67. The third kappa shape index (κ3) is 3.61. The van der Waals surface area contributed by atoms with Gasteiger partial charge in [-0.3, -0.25) is 9.47 Å². The molecule has 2 saturated carbocycles. The minimum Gasteiger partial charge on any atom is -0.355 e. The number of pyridine rings is 1. The molecule has 37 heavy (non-hydrogen) atoms. The second kappa shape index (κ2) is 7.69. The van der Waals surface area contributed by atoms with Crippen molar-refractivity contribution >= 4 is 17.4 Å². The van der Waals surface area contributed by atoms with Crippen molar-refractivity contribution in [1.82, 2.24) is 24.6 Å². The third-order valence-electron chi connectivity index (χ3n) is 8.77. The molecule has 3 aromatic rings. The van der Waals surface area contributed by atoms with Crippen molar-refractivity contribution in [2.45, 2.75) is 70.3 Å². The molecule has 0 atom stereocenters. The van der Waals surface area contributed by atoms with Crippen molar-refractivity contribution in [2.75, 3.05) is 18.0 Å². The third-order valence-corrected chi connectivity index (χ3v) is 9.01. The van der Waals surface area contributed by atoms with E-state index in [0.717, 1.165) is 54.5 Å². The summed E-state index contributed by atoms with van der Waals surface area (Å²) in [5.74, 6) is 2.68. The van der Waals surface area contributed by atoms with E-state index in [-0.39, 0.29) is 37.3 Å². The second-order valence-corrected chi connectivity index (χ2v) is 12.0. The molecule has 194 valence electrons. The van der Waals surface area contributed by atoms with Crippen LogP contribution in [0.1, 0.15) is 60.1 Å². The first-order valence-corrected chi connectivity index (χ1v) is 13.2. The van der Waals surface area contributed by atoms with Crippen molar-refractivity contribution in [2.24, 2.45) is 5.41 Å². The summed E-state index contributed by atoms with van der Waals surface area (Å²) < 4.78 is 44.2. The number of hydrogen-bond donors (Lipinski definition) is 0. The Kier molecular flexibility index (Phi) is 4.88. The number of aromatic nitrogens is 4. The number of halogens is 4. The van der Waals surface area contributed by atoms with E-state index in [0.29, 0.717) is 10.8 Å². The molecule has 7 rings (SSSR count). The van der Waals surface area contributed by atoms with Gasteiger partial charge in [-0.05, 0) is 81.0 Å². The van der Waals surface area contributed by atoms with Gasteiger partial charge in [0, 0.05) is 41.7 Å². The van der Waals surface area contributed by atoms with E-state index in [9.17, 15) is 13.2 Å². The van der Waals surface area contributed by atoms with Crippen LogP contribution in [-0.4, -0.2) is 49.5 Å². The molecule has 4 heterocycles. The van der Waals surface area contributed by atoms with Crippen LogP contribution in [0.25, 0.3) is 5.69 Å². The van der Waals surface area contributed by atoms with Gasteiger partial charge in [0.2, 0.25) is 0 Å². The van der Waals surface area contributed by atoms with Gasteiger partial charge in [0.15, 0.2) is 5.82 Å². The number of benzene rings is 1. The summed E-state index contributed by atoms with van der Waals surface area (Å²) in [6.45, 7) is 6.35. The zero-order chi connectivity index (χ0) is 25.7. The van der Waals surface area contributed by atoms with Gasteiger partial charge in [-0.15, -0.1) is 10.2 Å². The molecule has 2 aliphatic heterocycles. The summed E-state index contributed by atoms with van der Waals surface area (Å²) in [5, 5.41) is 9.51. The highest BCUT2D eigenvalue weighted by Crippen LogP contribution is 2.58. The summed E-state index contributed by atoms with van der Waals surface area (Å²) in [5.41, 5.74) is 2.33. The largest absolute Gasteiger partial charge is 0.406 e. The van der Waals surface area contributed by atoms with Crippen LogP contribution in [0.5, 0.6) is 0 Å². The van der Waals surface area contributed by atoms with Gasteiger partial charge < -0.3 is 4.90 Å². The average molecular weight is 529 g/mol. The van der Waals surface area contributed by atoms with Crippen LogP contribution in [0.2, 0.25) is 5.02 Å². The van der Waals surface area contributed by atoms with Crippen LogP contribution in [0, 0.1) is 19.3 Å². The minimum absolute atomic E-state index is 0.114. The van der Waals surface area contributed by atoms with E-state index < -0.39 is 11.7 Å². The fourth-order valence-corrected chi connectivity index (χ4v) is 7.02. The van der Waals surface area contributed by atoms with Gasteiger partial charge in [-0.1, -0.05) is 11.6 Å². The standard InChI is InChI=1S/C27H28ClF3N6/c1-16-7-17(2)32-22(8-16)35-14-25(15-35)10-19(11-25)24-34-33-23-13-36(26(5-6-26)27(29,30)31)12-18-9-20(28)3-4-21(18)37(23)24/h3-4,7-9,19H,5-6,10-15H2,1-2H3. The number of nitrogens with zero attached hydrogens (tertiary/aromatic N) is 6. The minimum atomic E-state index is -4.29. The normalized spacial score (nSPS) is 22.2. The fraction of sp³-hybridized carbons (Fsp3) is 0.519. The molecule has 10 heteroatoms. The molecule has 0 unspecified atom stereocenters. The Hall–Kier alpha value is -2.65. The maximum Gasteiger partial charge on any atom is 0.406 e. The number of rotatable bonds is 3. The molecule has 2 aromatic heterocycles. The Labute approximate surface area is 218 Å². The van der Waals surface area contributed by atoms with Crippen LogP contribution in [0.3, 0.4) is 0 Å². The van der Waals surface area contributed by atoms with Gasteiger partial charge in [0.1, 0.15) is 17.2 Å². The zero-order valence-corrected chi connectivity index (χ0v) is 21.6. The molecule has 4 aliphatic rings. The highest BCUT2D eigenvalue weighted by molar-refractivity contribution is 6.30. The lowest BCUT2D eigenvalue weighted by Crippen LogP contribution is -2.62. The molecule has 2 aliphatic carbocycles. The number of anilines is 1. The van der Waals surface area contributed by atoms with Crippen molar-refractivity contribution in [3.05, 3.63) is 63.8 Å². The lowest BCUT2D eigenvalue weighted by molar-refractivity contribution is -0.200. The fourth-order valence-electron chi connectivity index (χ4n) is 6.82. The first-order valence-electron chi connectivity index (χ1n) is 12.8. The SMILES string of the molecule is Cc1cc(C)nc(N2CC3(CC(c4nnc5n4-c4ccc(Cl)cc4CN(C4(C(F)(F)F)CC4)C5)C3)C2)c1. The molecule has 1 aromatic carbocycles. The van der Waals surface area contributed by atoms with Gasteiger partial charge >= 0.3 is 6.18 Å². The maximum absolute atomic E-state index is 14.1. The molecule has 6 nitrogen and oxygen atoms in total. The van der Waals surface area contributed by atoms with E-state index >= 15 is 0 Å². The van der Waals surface area contributed by atoms with E-state index in [1.54, 1.807) is 12.1 Å². The summed E-state index contributed by atoms with van der Waals surface area (Å²) in [4.78, 5) is 8.57. The van der Waals surface area contributed by atoms with Crippen molar-refractivity contribution in [3.63, 3.8) is 0 Å². The predicted molar refractivity (Wildman–Crippen MR) is 134 cm³/mol. The zero-order valence-electron chi connectivity index (χ0n) is 20.8. The molecule has 0 bridgehead atoms. The van der Waals surface area contributed by atoms with Crippen LogP contribution in [0.15, 0.2) is 30.3 Å². The van der Waals surface area contributed by atoms with E-state index in [2.05, 4.69) is 34.2 Å². The molecule has 0 radical (unpaired) electrons. The summed E-state index contributed by atoms with van der Waals surface area (Å²) in [6, 6.07) is 9.70. The van der Waals surface area contributed by atoms with E-state index in [1.807, 2.05) is 17.6 Å². The molecule has 0 N–H and O–H groups in total. The van der Waals surface area contributed by atoms with Gasteiger partial charge in [-0.2, -0.15) is 13.2 Å². The summed E-state index contributed by atoms with van der Waals surface area (Å²) >= 11 is 6.30. The first-order chi connectivity index (χ1) is 17.6. The molecule has 3 fully saturated rings. The molecule has 1 saturated heterocycles. The Bertz CT molecular complexity index is 1380. The topological polar surface area (TPSA) is 50.1 Å². The maximum atomic E-state index is 14.1. The Morgan fingerprint density at radius 1 is 1.00 bits per heavy atom. The van der Waals surface area contributed by atoms with Crippen molar-refractivity contribution in [3.8, 4) is 5.69 Å². The number of fused-ring (bicyclic) bond motifs is 3. The number of aryl methyl sites for hydroxylation is 2. The predicted octanol–water partition coefficient (Wildman–Crippen LogP) is 5.73. The Morgan fingerprint density at radius 3 is 2.43 bits per heavy atom. The lowest BCUT2D eigenvalue weighted by atomic mass is 9.57. The highest BCUT2D eigenvalue weighted by atomic mass is 35.5. The Balaban J connectivity index is 1.16. The van der Waals surface area contributed by atoms with Crippen LogP contribution in [0.4, 0.5) is 19.0 Å². The van der Waals surface area contributed by atoms with Crippen LogP contribution < -0.4 is 4.90 Å². The van der Waals surface area contributed by atoms with Crippen molar-refractivity contribution < 1.29 is 13.2 Å². The average Bonchev–Trinajstić information content (AvgIpc) is 3.51. The molecule has 1 spiro atoms. The molecular weight excluding hydrogens is 501 g/mol. The molecule has 0 amide bonds. The monoisotopic (exact) mass is 528 g/mol. The quantitative estimate of drug-likeness (QED) is 0.435. The second-order valence-electron chi connectivity index (χ2n) is 11.6. The van der Waals surface area contributed by atoms with Gasteiger partial charge in [0.05, 0.1) is 12.2 Å². The van der Waals surface area contributed by atoms with Gasteiger partial charge in [0.25, 0.3) is 0 Å². The van der Waals surface area contributed by atoms with E-state index in [4.69, 9.17) is 16.6 Å². The number of alkyl halides is 3. The summed E-state index contributed by atoms with van der Waals surface area (Å²) in [6.07, 6.45) is -2.07. The van der Waals surface area contributed by atoms with Crippen molar-refractivity contribution in [1.29, 1.82) is 0 Å². The number of hydrogen-bond acceptors (Lipinski definition) is 5. The first kappa shape index (κ1) is 23.5. The Morgan fingerprint density at radius 2 is 1.76 bits per heavy atom. The lowest BCUT2D eigenvalue weighted by Gasteiger charge is -2.59. The van der Waals surface area contributed by atoms with Crippen LogP contribution >= 0.6 is 11.6 Å². The van der Waals surface area contributed by atoms with E-state index in [1.165, 1.54) is 10.5 Å².